The molecule has 0 radical (unpaired) electrons. The number of ether oxygens (including phenoxy) is 2. The Bertz CT molecular complexity index is 1490. The van der Waals surface area contributed by atoms with Crippen LogP contribution in [-0.4, -0.2) is 60.1 Å². The number of hydrogen-bond donors (Lipinski definition) is 2. The molecule has 1 saturated carbocycles. The highest BCUT2D eigenvalue weighted by Gasteiger charge is 2.50. The number of hydrogen-bond acceptors (Lipinski definition) is 10. The van der Waals surface area contributed by atoms with Gasteiger partial charge in [0, 0.05) is 34.1 Å². The van der Waals surface area contributed by atoms with E-state index in [4.69, 9.17) is 30.9 Å². The third kappa shape index (κ3) is 4.11. The maximum atomic E-state index is 14.5. The van der Waals surface area contributed by atoms with Crippen molar-refractivity contribution in [1.82, 2.24) is 14.9 Å². The summed E-state index contributed by atoms with van der Waals surface area (Å²) in [7, 11) is 2.14. The first-order valence-corrected chi connectivity index (χ1v) is 15.9. The molecule has 0 amide bonds. The first-order chi connectivity index (χ1) is 19.9. The van der Waals surface area contributed by atoms with E-state index in [1.54, 1.807) is 0 Å². The number of carbonyl (C=O) groups excluding carboxylic acids is 1. The lowest BCUT2D eigenvalue weighted by Crippen LogP contribution is -2.43. The van der Waals surface area contributed by atoms with Gasteiger partial charge in [-0.3, -0.25) is 4.79 Å². The molecule has 3 fully saturated rings. The lowest BCUT2D eigenvalue weighted by Gasteiger charge is -2.40. The van der Waals surface area contributed by atoms with Crippen molar-refractivity contribution in [3.8, 4) is 11.9 Å². The molecule has 2 aromatic heterocycles. The molecule has 0 aromatic carbocycles. The Hall–Kier alpha value is -3.00. The number of likely N-dealkylation sites (N-methyl/N-ethyl adjacent to an activating group) is 1. The minimum atomic E-state index is -0.755. The number of aromatic nitrogens is 2. The van der Waals surface area contributed by atoms with E-state index in [-0.39, 0.29) is 11.2 Å². The number of nitriles is 1. The van der Waals surface area contributed by atoms with Crippen LogP contribution in [0.5, 0.6) is 5.88 Å². The molecule has 9 nitrogen and oxygen atoms in total. The van der Waals surface area contributed by atoms with Crippen LogP contribution >= 0.6 is 11.3 Å². The van der Waals surface area contributed by atoms with Gasteiger partial charge in [-0.25, -0.2) is 4.98 Å². The molecule has 2 saturated heterocycles. The SMILES string of the molecule is CN1CCC[C@H]1COc1nc(/C(N)=C2\CCC[C@@]3(CCCc4sc(N)c(C#N)c43)C2=O)nc2c1CCC21CCOC1. The Balaban J connectivity index is 1.31. The molecule has 4 heterocycles. The summed E-state index contributed by atoms with van der Waals surface area (Å²) in [6, 6.07) is 2.66. The number of ketones is 1. The fourth-order valence-electron chi connectivity index (χ4n) is 8.12. The third-order valence-electron chi connectivity index (χ3n) is 10.4. The average molecular weight is 575 g/mol. The molecular weight excluding hydrogens is 536 g/mol. The fraction of sp³-hybridized carbons (Fsp3) is 0.613. The number of likely N-dealkylation sites (tertiary alicyclic amines) is 1. The summed E-state index contributed by atoms with van der Waals surface area (Å²) < 4.78 is 12.3. The lowest BCUT2D eigenvalue weighted by molar-refractivity contribution is -0.122. The van der Waals surface area contributed by atoms with Gasteiger partial charge < -0.3 is 25.8 Å². The summed E-state index contributed by atoms with van der Waals surface area (Å²) in [4.78, 5) is 27.9. The second-order valence-corrected chi connectivity index (χ2v) is 13.7. The van der Waals surface area contributed by atoms with Crippen molar-refractivity contribution in [2.75, 3.05) is 39.1 Å². The zero-order valence-corrected chi connectivity index (χ0v) is 24.6. The van der Waals surface area contributed by atoms with Crippen molar-refractivity contribution >= 4 is 27.8 Å². The van der Waals surface area contributed by atoms with Gasteiger partial charge in [-0.15, -0.1) is 11.3 Å². The van der Waals surface area contributed by atoms with E-state index in [2.05, 4.69) is 18.0 Å². The highest BCUT2D eigenvalue weighted by molar-refractivity contribution is 7.16. The summed E-state index contributed by atoms with van der Waals surface area (Å²) >= 11 is 1.46. The third-order valence-corrected chi connectivity index (χ3v) is 11.5. The van der Waals surface area contributed by atoms with Crippen molar-refractivity contribution in [3.05, 3.63) is 38.7 Å². The van der Waals surface area contributed by atoms with Crippen LogP contribution in [0.2, 0.25) is 0 Å². The van der Waals surface area contributed by atoms with Crippen LogP contribution in [0.15, 0.2) is 5.57 Å². The summed E-state index contributed by atoms with van der Waals surface area (Å²) in [6.07, 6.45) is 9.53. The number of carbonyl (C=O) groups is 1. The van der Waals surface area contributed by atoms with E-state index in [9.17, 15) is 10.1 Å². The molecule has 3 atom stereocenters. The molecule has 10 heteroatoms. The van der Waals surface area contributed by atoms with Crippen LogP contribution in [0.1, 0.15) is 90.9 Å². The van der Waals surface area contributed by atoms with Gasteiger partial charge in [0.05, 0.1) is 29.0 Å². The van der Waals surface area contributed by atoms with E-state index >= 15 is 0 Å². The second-order valence-electron chi connectivity index (χ2n) is 12.6. The molecule has 216 valence electrons. The smallest absolute Gasteiger partial charge is 0.220 e. The topological polar surface area (TPSA) is 140 Å². The van der Waals surface area contributed by atoms with Crippen molar-refractivity contribution in [1.29, 1.82) is 5.26 Å². The predicted molar refractivity (Wildman–Crippen MR) is 157 cm³/mol. The first kappa shape index (κ1) is 26.9. The number of fused-ring (bicyclic) bond motifs is 4. The largest absolute Gasteiger partial charge is 0.476 e. The van der Waals surface area contributed by atoms with E-state index < -0.39 is 5.41 Å². The van der Waals surface area contributed by atoms with E-state index in [0.717, 1.165) is 73.2 Å². The summed E-state index contributed by atoms with van der Waals surface area (Å²) in [5.41, 5.74) is 16.5. The molecule has 4 N–H and O–H groups in total. The molecule has 3 aliphatic carbocycles. The molecule has 1 unspecified atom stereocenters. The maximum absolute atomic E-state index is 14.5. The summed E-state index contributed by atoms with van der Waals surface area (Å²) in [6.45, 7) is 3.00. The normalized spacial score (nSPS) is 30.5. The monoisotopic (exact) mass is 574 g/mol. The number of nitrogen functional groups attached to an aromatic ring is 1. The molecule has 5 aliphatic rings. The number of aryl methyl sites for hydroxylation is 1. The Morgan fingerprint density at radius 2 is 2.02 bits per heavy atom. The Labute approximate surface area is 244 Å². The second kappa shape index (κ2) is 10.1. The number of Topliss-reactive ketones (excluding diaryl/α,β-unsaturated/α-hetero) is 1. The van der Waals surface area contributed by atoms with E-state index in [0.29, 0.717) is 78.7 Å². The van der Waals surface area contributed by atoms with Gasteiger partial charge >= 0.3 is 0 Å². The standard InChI is InChI=1S/C31H38N6O3S/c1-37-13-4-5-18(37)16-40-29-20-8-11-30(12-14-39-17-30)25(20)35-28(36-29)24(33)19-6-2-9-31(26(19)38)10-3-7-22-23(31)21(15-32)27(34)41-22/h18H,2-14,16-17,33-34H2,1H3/b24-19-/t18-,30?,31-/m0/s1. The summed E-state index contributed by atoms with van der Waals surface area (Å²) in [5, 5.41) is 10.5. The average Bonchev–Trinajstić information content (AvgIpc) is 3.76. The number of nitrogens with zero attached hydrogens (tertiary/aromatic N) is 4. The molecule has 7 rings (SSSR count). The first-order valence-electron chi connectivity index (χ1n) is 15.0. The molecule has 2 aromatic rings. The minimum Gasteiger partial charge on any atom is -0.476 e. The van der Waals surface area contributed by atoms with Gasteiger partial charge in [-0.1, -0.05) is 0 Å². The highest BCUT2D eigenvalue weighted by Crippen LogP contribution is 2.52. The fourth-order valence-corrected chi connectivity index (χ4v) is 9.29. The zero-order chi connectivity index (χ0) is 28.4. The summed E-state index contributed by atoms with van der Waals surface area (Å²) in [5.74, 6) is 0.996. The van der Waals surface area contributed by atoms with Gasteiger partial charge in [0.1, 0.15) is 17.7 Å². The zero-order valence-electron chi connectivity index (χ0n) is 23.8. The Morgan fingerprint density at radius 1 is 1.20 bits per heavy atom. The quantitative estimate of drug-likeness (QED) is 0.522. The molecule has 2 spiro atoms. The van der Waals surface area contributed by atoms with Gasteiger partial charge in [-0.05, 0) is 89.8 Å². The minimum absolute atomic E-state index is 0.00885. The molecule has 2 aliphatic heterocycles. The van der Waals surface area contributed by atoms with Crippen LogP contribution in [0.25, 0.3) is 5.70 Å². The van der Waals surface area contributed by atoms with E-state index in [1.165, 1.54) is 17.8 Å². The molecular formula is C31H38N6O3S. The number of anilines is 1. The van der Waals surface area contributed by atoms with Crippen molar-refractivity contribution in [2.24, 2.45) is 5.73 Å². The van der Waals surface area contributed by atoms with Crippen LogP contribution < -0.4 is 16.2 Å². The predicted octanol–water partition coefficient (Wildman–Crippen LogP) is 3.77. The maximum Gasteiger partial charge on any atom is 0.220 e. The van der Waals surface area contributed by atoms with Crippen LogP contribution in [0.3, 0.4) is 0 Å². The van der Waals surface area contributed by atoms with Crippen molar-refractivity contribution in [2.45, 2.75) is 87.5 Å². The number of nitrogens with two attached hydrogens (primary N) is 2. The van der Waals surface area contributed by atoms with Crippen molar-refractivity contribution in [3.63, 3.8) is 0 Å². The Morgan fingerprint density at radius 3 is 2.76 bits per heavy atom. The number of allylic oxidation sites excluding steroid dienone is 1. The van der Waals surface area contributed by atoms with E-state index in [1.807, 2.05) is 0 Å². The number of rotatable bonds is 4. The Kier molecular flexibility index (Phi) is 6.60. The highest BCUT2D eigenvalue weighted by atomic mass is 32.1. The van der Waals surface area contributed by atoms with Gasteiger partial charge in [-0.2, -0.15) is 10.2 Å². The van der Waals surface area contributed by atoms with Gasteiger partial charge in [0.25, 0.3) is 0 Å². The van der Waals surface area contributed by atoms with Gasteiger partial charge in [0.15, 0.2) is 11.6 Å². The van der Waals surface area contributed by atoms with Crippen LogP contribution in [0.4, 0.5) is 5.00 Å². The van der Waals surface area contributed by atoms with Crippen LogP contribution in [-0.2, 0) is 33.2 Å². The number of thiophene rings is 1. The molecule has 41 heavy (non-hydrogen) atoms. The van der Waals surface area contributed by atoms with Crippen LogP contribution in [0, 0.1) is 11.3 Å². The van der Waals surface area contributed by atoms with Gasteiger partial charge in [0.2, 0.25) is 5.88 Å². The lowest BCUT2D eigenvalue weighted by atomic mass is 9.61. The van der Waals surface area contributed by atoms with Crippen molar-refractivity contribution < 1.29 is 14.3 Å². The molecule has 0 bridgehead atoms.